The fraction of sp³-hybridized carbons (Fsp3) is 0. The summed E-state index contributed by atoms with van der Waals surface area (Å²) in [6.45, 7) is 1.07. The van der Waals surface area contributed by atoms with Crippen molar-refractivity contribution in [2.45, 2.75) is 0 Å². The molecule has 0 bridgehead atoms. The van der Waals surface area contributed by atoms with Gasteiger partial charge in [0.05, 0.1) is 1.37 Å². The summed E-state index contributed by atoms with van der Waals surface area (Å²) < 4.78 is 6.28. The summed E-state index contributed by atoms with van der Waals surface area (Å²) in [5.41, 5.74) is 0. The van der Waals surface area contributed by atoms with Crippen LogP contribution >= 0.6 is 0 Å². The first-order valence-corrected chi connectivity index (χ1v) is 0.911. The molecule has 0 aliphatic carbocycles. The van der Waals surface area contributed by atoms with Crippen molar-refractivity contribution in [1.29, 1.82) is 0 Å². The van der Waals surface area contributed by atoms with E-state index in [2.05, 4.69) is 12.3 Å². The highest BCUT2D eigenvalue weighted by atomic mass is 13.3. The van der Waals surface area contributed by atoms with Gasteiger partial charge in [0.2, 0.25) is 0 Å². The van der Waals surface area contributed by atoms with E-state index in [-0.39, 0.29) is 0 Å². The molecule has 0 rings (SSSR count). The van der Waals surface area contributed by atoms with E-state index in [1.54, 1.807) is 0 Å². The lowest BCUT2D eigenvalue weighted by atomic mass is 10.7. The van der Waals surface area contributed by atoms with Gasteiger partial charge in [-0.3, -0.25) is 0 Å². The molecule has 0 radical (unpaired) electrons. The molecular formula is C4H4. The maximum absolute atomic E-state index is 6.28. The number of rotatable bonds is 0. The Morgan fingerprint density at radius 1 is 2.50 bits per heavy atom. The molecule has 0 aliphatic rings. The third kappa shape index (κ3) is 1.30. The fourth-order valence-electron chi connectivity index (χ4n) is 0. The fourth-order valence-corrected chi connectivity index (χ4v) is 0. The topological polar surface area (TPSA) is 0 Å². The molecule has 0 unspecified atom stereocenters. The molecule has 0 spiro atoms. The van der Waals surface area contributed by atoms with Crippen LogP contribution in [0.3, 0.4) is 0 Å². The summed E-state index contributed by atoms with van der Waals surface area (Å²) >= 11 is 0. The summed E-state index contributed by atoms with van der Waals surface area (Å²) in [5, 5.41) is 0. The Morgan fingerprint density at radius 3 is 3.25 bits per heavy atom. The van der Waals surface area contributed by atoms with Crippen LogP contribution in [0.15, 0.2) is 12.6 Å². The van der Waals surface area contributed by atoms with Crippen LogP contribution in [0.4, 0.5) is 0 Å². The van der Waals surface area contributed by atoms with Crippen molar-refractivity contribution in [3.63, 3.8) is 0 Å². The lowest BCUT2D eigenvalue weighted by molar-refractivity contribution is 2.34. The third-order valence-corrected chi connectivity index (χ3v) is 0.0962. The summed E-state index contributed by atoms with van der Waals surface area (Å²) in [6, 6.07) is 0. The average molecular weight is 53.1 g/mol. The normalized spacial score (nSPS) is 10.2. The van der Waals surface area contributed by atoms with Crippen LogP contribution in [0.5, 0.6) is 0 Å². The molecule has 0 heteroatoms. The number of hydrogen-bond acceptors (Lipinski definition) is 0. The highest BCUT2D eigenvalue weighted by Crippen LogP contribution is 1.41. The van der Waals surface area contributed by atoms with Gasteiger partial charge < -0.3 is 0 Å². The van der Waals surface area contributed by atoms with Crippen LogP contribution in [-0.4, -0.2) is 0 Å². The molecule has 0 nitrogen and oxygen atoms in total. The van der Waals surface area contributed by atoms with Crippen molar-refractivity contribution >= 4 is 0 Å². The maximum Gasteiger partial charge on any atom is 0.0544 e. The van der Waals surface area contributed by atoms with Gasteiger partial charge in [0, 0.05) is 0 Å². The van der Waals surface area contributed by atoms with Crippen molar-refractivity contribution in [2.75, 3.05) is 0 Å². The molecule has 0 fully saturated rings. The van der Waals surface area contributed by atoms with Crippen LogP contribution in [0.1, 0.15) is 1.37 Å². The van der Waals surface area contributed by atoms with Gasteiger partial charge in [-0.1, -0.05) is 12.5 Å². The Labute approximate surface area is 27.5 Å². The van der Waals surface area contributed by atoms with Gasteiger partial charge in [-0.2, -0.15) is 0 Å². The quantitative estimate of drug-likeness (QED) is 0.358. The molecule has 0 aromatic rings. The second-order valence-electron chi connectivity index (χ2n) is 0.333. The molecule has 0 aromatic carbocycles. The molecule has 0 N–H and O–H groups in total. The third-order valence-electron chi connectivity index (χ3n) is 0.0962. The van der Waals surface area contributed by atoms with Gasteiger partial charge in [0.1, 0.15) is 0 Å². The Kier molecular flexibility index (Phi) is 0.922. The van der Waals surface area contributed by atoms with Crippen LogP contribution in [0.25, 0.3) is 0 Å². The second-order valence-corrected chi connectivity index (χ2v) is 0.333. The Morgan fingerprint density at radius 2 is 3.25 bits per heavy atom. The minimum atomic E-state index is 1.07. The minimum absolute atomic E-state index is 1.07. The van der Waals surface area contributed by atoms with Crippen molar-refractivity contribution in [1.82, 2.24) is 0 Å². The van der Waals surface area contributed by atoms with Gasteiger partial charge in [0.25, 0.3) is 0 Å². The zero-order valence-electron chi connectivity index (χ0n) is 3.23. The van der Waals surface area contributed by atoms with Gasteiger partial charge in [0.15, 0.2) is 0 Å². The van der Waals surface area contributed by atoms with E-state index in [4.69, 9.17) is 1.37 Å². The monoisotopic (exact) mass is 53.0 g/mol. The molecule has 0 aromatic heterocycles. The second kappa shape index (κ2) is 2.30. The average Bonchev–Trinajstić information content (AvgIpc) is 1.41. The van der Waals surface area contributed by atoms with E-state index < -0.39 is 0 Å². The first kappa shape index (κ1) is 1.60. The zero-order valence-corrected chi connectivity index (χ0v) is 2.23. The highest BCUT2D eigenvalue weighted by molar-refractivity contribution is 5.03. The predicted octanol–water partition coefficient (Wildman–Crippen LogP) is 0.806. The van der Waals surface area contributed by atoms with Gasteiger partial charge in [-0.15, -0.1) is 6.42 Å². The smallest absolute Gasteiger partial charge is 0.0544 e. The maximum atomic E-state index is 6.28. The van der Waals surface area contributed by atoms with E-state index in [1.807, 2.05) is 0 Å². The summed E-state index contributed by atoms with van der Waals surface area (Å²) in [5.74, 6) is 2.15. The van der Waals surface area contributed by atoms with Crippen molar-refractivity contribution in [3.05, 3.63) is 12.6 Å². The highest BCUT2D eigenvalue weighted by Gasteiger charge is 1.26. The van der Waals surface area contributed by atoms with E-state index in [0.717, 1.165) is 6.55 Å². The van der Waals surface area contributed by atoms with Crippen LogP contribution in [0.2, 0.25) is 0 Å². The van der Waals surface area contributed by atoms with E-state index in [9.17, 15) is 0 Å². The number of terminal acetylenes is 1. The van der Waals surface area contributed by atoms with Gasteiger partial charge in [-0.05, 0) is 6.08 Å². The molecule has 0 saturated carbocycles. The molecule has 0 saturated heterocycles. The Balaban J connectivity index is 3.04. The Bertz CT molecular complexity index is 66.2. The minimum Gasteiger partial charge on any atom is -0.115 e. The largest absolute Gasteiger partial charge is 0.115 e. The Hall–Kier alpha value is -0.700. The molecule has 20 valence electrons. The SMILES string of the molecule is [2H]C=CC#C. The van der Waals surface area contributed by atoms with E-state index in [1.165, 1.54) is 6.08 Å². The number of hydrogen-bond donors (Lipinski definition) is 0. The first-order valence-electron chi connectivity index (χ1n) is 1.49. The lowest BCUT2D eigenvalue weighted by Gasteiger charge is -1.38. The van der Waals surface area contributed by atoms with E-state index in [0.29, 0.717) is 0 Å². The summed E-state index contributed by atoms with van der Waals surface area (Å²) in [4.78, 5) is 0. The predicted molar refractivity (Wildman–Crippen MR) is 19.0 cm³/mol. The first-order chi connectivity index (χ1) is 2.41. The molecule has 0 heterocycles. The van der Waals surface area contributed by atoms with Gasteiger partial charge in [-0.25, -0.2) is 0 Å². The van der Waals surface area contributed by atoms with Crippen LogP contribution in [0, 0.1) is 12.3 Å². The molecule has 0 atom stereocenters. The summed E-state index contributed by atoms with van der Waals surface area (Å²) in [6.07, 6.45) is 6.00. The van der Waals surface area contributed by atoms with Gasteiger partial charge >= 0.3 is 0 Å². The van der Waals surface area contributed by atoms with Crippen LogP contribution < -0.4 is 0 Å². The number of allylic oxidation sites excluding steroid dienone is 1. The molecular weight excluding hydrogens is 48.0 g/mol. The standard InChI is InChI=1S/C4H4/c1-3-4-2/h1,4H,2H2/i2D. The van der Waals surface area contributed by atoms with Crippen LogP contribution in [-0.2, 0) is 0 Å². The van der Waals surface area contributed by atoms with Crippen molar-refractivity contribution in [2.24, 2.45) is 0 Å². The molecule has 0 aliphatic heterocycles. The summed E-state index contributed by atoms with van der Waals surface area (Å²) in [7, 11) is 0. The lowest BCUT2D eigenvalue weighted by Crippen LogP contribution is -1.24. The molecule has 0 amide bonds. The van der Waals surface area contributed by atoms with Crippen molar-refractivity contribution in [3.8, 4) is 12.3 Å². The van der Waals surface area contributed by atoms with Crippen molar-refractivity contribution < 1.29 is 1.37 Å². The molecule has 4 heavy (non-hydrogen) atoms. The van der Waals surface area contributed by atoms with E-state index >= 15 is 0 Å². The zero-order chi connectivity index (χ0) is 4.12.